The first-order valence-corrected chi connectivity index (χ1v) is 2.42. The van der Waals surface area contributed by atoms with Crippen LogP contribution >= 0.6 is 11.6 Å². The quantitative estimate of drug-likeness (QED) is 0.504. The van der Waals surface area contributed by atoms with E-state index in [1.54, 1.807) is 6.92 Å². The van der Waals surface area contributed by atoms with Gasteiger partial charge in [-0.3, -0.25) is 0 Å². The van der Waals surface area contributed by atoms with Gasteiger partial charge in [-0.05, 0) is 12.1 Å². The summed E-state index contributed by atoms with van der Waals surface area (Å²) < 4.78 is 0. The summed E-state index contributed by atoms with van der Waals surface area (Å²) in [5.41, 5.74) is 0.647. The van der Waals surface area contributed by atoms with Gasteiger partial charge in [-0.1, -0.05) is 11.6 Å². The summed E-state index contributed by atoms with van der Waals surface area (Å²) in [5.74, 6) is 5.15. The Balaban J connectivity index is 3.19. The largest absolute Gasteiger partial charge is 0.320 e. The van der Waals surface area contributed by atoms with Crippen LogP contribution in [0.5, 0.6) is 0 Å². The lowest BCUT2D eigenvalue weighted by Gasteiger charge is -1.85. The molecule has 0 saturated carbocycles. The van der Waals surface area contributed by atoms with Crippen molar-refractivity contribution in [1.29, 1.82) is 0 Å². The highest BCUT2D eigenvalue weighted by Gasteiger charge is 1.99. The molecule has 1 aromatic heterocycles. The summed E-state index contributed by atoms with van der Waals surface area (Å²) in [7, 11) is 0. The van der Waals surface area contributed by atoms with E-state index >= 15 is 0 Å². The van der Waals surface area contributed by atoms with Crippen LogP contribution in [-0.2, 0) is 0 Å². The maximum Gasteiger partial charge on any atom is 0.173 e. The van der Waals surface area contributed by atoms with Crippen LogP contribution in [0.15, 0.2) is 0 Å². The molecule has 0 aliphatic rings. The fraction of sp³-hybridized carbons (Fsp3) is 0.333. The van der Waals surface area contributed by atoms with Crippen LogP contribution in [0.25, 0.3) is 0 Å². The van der Waals surface area contributed by atoms with Gasteiger partial charge in [-0.15, -0.1) is 9.89 Å². The van der Waals surface area contributed by atoms with Gasteiger partial charge in [-0.25, -0.2) is 0 Å². The van der Waals surface area contributed by atoms with Crippen molar-refractivity contribution in [2.75, 3.05) is 5.84 Å². The zero-order chi connectivity index (χ0) is 6.15. The van der Waals surface area contributed by atoms with Gasteiger partial charge < -0.3 is 5.84 Å². The van der Waals surface area contributed by atoms with Crippen LogP contribution in [0.1, 0.15) is 5.69 Å². The predicted molar refractivity (Wildman–Crippen MR) is 29.9 cm³/mol. The van der Waals surface area contributed by atoms with Gasteiger partial charge >= 0.3 is 0 Å². The van der Waals surface area contributed by atoms with Gasteiger partial charge in [0.2, 0.25) is 0 Å². The van der Waals surface area contributed by atoms with Crippen molar-refractivity contribution in [1.82, 2.24) is 15.1 Å². The van der Waals surface area contributed by atoms with E-state index in [0.717, 1.165) is 4.79 Å². The minimum Gasteiger partial charge on any atom is -0.320 e. The third-order valence-electron chi connectivity index (χ3n) is 0.791. The maximum absolute atomic E-state index is 5.51. The minimum absolute atomic E-state index is 0.380. The number of aromatic nitrogens is 3. The summed E-state index contributed by atoms with van der Waals surface area (Å²) in [6, 6.07) is 0. The lowest BCUT2D eigenvalue weighted by molar-refractivity contribution is 0.764. The lowest BCUT2D eigenvalue weighted by atomic mass is 10.6. The van der Waals surface area contributed by atoms with Crippen molar-refractivity contribution in [3.63, 3.8) is 0 Å². The fourth-order valence-corrected chi connectivity index (χ4v) is 0.433. The Bertz CT molecular complexity index is 174. The molecule has 0 spiro atoms. The second-order valence-electron chi connectivity index (χ2n) is 1.41. The molecule has 0 radical (unpaired) electrons. The third-order valence-corrected chi connectivity index (χ3v) is 1.24. The van der Waals surface area contributed by atoms with E-state index in [1.165, 1.54) is 0 Å². The number of nitrogens with zero attached hydrogens (tertiary/aromatic N) is 3. The van der Waals surface area contributed by atoms with Crippen molar-refractivity contribution in [2.24, 2.45) is 0 Å². The molecule has 0 atom stereocenters. The van der Waals surface area contributed by atoms with E-state index in [-0.39, 0.29) is 0 Å². The Kier molecular flexibility index (Phi) is 1.09. The summed E-state index contributed by atoms with van der Waals surface area (Å²) in [6.07, 6.45) is 0. The zero-order valence-corrected chi connectivity index (χ0v) is 5.05. The molecule has 5 heteroatoms. The van der Waals surface area contributed by atoms with Crippen molar-refractivity contribution in [3.05, 3.63) is 10.8 Å². The average molecular weight is 133 g/mol. The molecule has 2 N–H and O–H groups in total. The van der Waals surface area contributed by atoms with Crippen LogP contribution in [0.3, 0.4) is 0 Å². The maximum atomic E-state index is 5.51. The molecule has 1 rings (SSSR count). The number of halogens is 1. The Morgan fingerprint density at radius 3 is 2.50 bits per heavy atom. The number of nitrogen functional groups attached to an aromatic ring is 1. The van der Waals surface area contributed by atoms with Gasteiger partial charge in [0.25, 0.3) is 0 Å². The fourth-order valence-electron chi connectivity index (χ4n) is 0.362. The number of aryl methyl sites for hydroxylation is 1. The molecule has 0 fully saturated rings. The SMILES string of the molecule is Cc1nnn(N)c1Cl. The molecule has 1 heterocycles. The number of nitrogens with two attached hydrogens (primary N) is 1. The Morgan fingerprint density at radius 1 is 1.75 bits per heavy atom. The normalized spacial score (nSPS) is 9.75. The molecule has 0 bridgehead atoms. The van der Waals surface area contributed by atoms with Crippen molar-refractivity contribution in [2.45, 2.75) is 6.92 Å². The summed E-state index contributed by atoms with van der Waals surface area (Å²) in [5, 5.41) is 7.38. The first-order valence-electron chi connectivity index (χ1n) is 2.04. The van der Waals surface area contributed by atoms with Gasteiger partial charge in [0.05, 0.1) is 0 Å². The first-order chi connectivity index (χ1) is 3.72. The van der Waals surface area contributed by atoms with Crippen molar-refractivity contribution < 1.29 is 0 Å². The molecule has 4 nitrogen and oxygen atoms in total. The smallest absolute Gasteiger partial charge is 0.173 e. The number of rotatable bonds is 0. The second-order valence-corrected chi connectivity index (χ2v) is 1.77. The monoisotopic (exact) mass is 132 g/mol. The standard InChI is InChI=1S/C3H5ClN4/c1-2-3(4)8(5)7-6-2/h5H2,1H3. The van der Waals surface area contributed by atoms with Gasteiger partial charge in [0.1, 0.15) is 5.69 Å². The average Bonchev–Trinajstić information content (AvgIpc) is 1.98. The Labute approximate surface area is 51.2 Å². The molecular weight excluding hydrogens is 128 g/mol. The molecule has 8 heavy (non-hydrogen) atoms. The van der Waals surface area contributed by atoms with E-state index < -0.39 is 0 Å². The Morgan fingerprint density at radius 2 is 2.38 bits per heavy atom. The van der Waals surface area contributed by atoms with Crippen LogP contribution in [-0.4, -0.2) is 15.1 Å². The predicted octanol–water partition coefficient (Wildman–Crippen LogP) is -0.0463. The first kappa shape index (κ1) is 5.37. The molecule has 0 aliphatic heterocycles. The van der Waals surface area contributed by atoms with E-state index in [2.05, 4.69) is 10.3 Å². The molecule has 0 aliphatic carbocycles. The van der Waals surface area contributed by atoms with E-state index in [9.17, 15) is 0 Å². The zero-order valence-electron chi connectivity index (χ0n) is 4.30. The molecule has 0 amide bonds. The second kappa shape index (κ2) is 1.63. The van der Waals surface area contributed by atoms with Crippen molar-refractivity contribution >= 4 is 11.6 Å². The van der Waals surface area contributed by atoms with Crippen LogP contribution in [0.4, 0.5) is 0 Å². The molecule has 0 unspecified atom stereocenters. The van der Waals surface area contributed by atoms with Gasteiger partial charge in [0.15, 0.2) is 5.15 Å². The van der Waals surface area contributed by atoms with E-state index in [0.29, 0.717) is 10.8 Å². The van der Waals surface area contributed by atoms with E-state index in [4.69, 9.17) is 17.4 Å². The van der Waals surface area contributed by atoms with Gasteiger partial charge in [0, 0.05) is 0 Å². The van der Waals surface area contributed by atoms with Crippen LogP contribution in [0, 0.1) is 6.92 Å². The van der Waals surface area contributed by atoms with Crippen LogP contribution in [0.2, 0.25) is 5.15 Å². The van der Waals surface area contributed by atoms with E-state index in [1.807, 2.05) is 0 Å². The van der Waals surface area contributed by atoms with Crippen LogP contribution < -0.4 is 5.84 Å². The highest BCUT2D eigenvalue weighted by atomic mass is 35.5. The minimum atomic E-state index is 0.380. The summed E-state index contributed by atoms with van der Waals surface area (Å²) >= 11 is 5.51. The summed E-state index contributed by atoms with van der Waals surface area (Å²) in [6.45, 7) is 1.73. The Hall–Kier alpha value is -0.770. The topological polar surface area (TPSA) is 56.7 Å². The lowest BCUT2D eigenvalue weighted by Crippen LogP contribution is -2.09. The highest BCUT2D eigenvalue weighted by molar-refractivity contribution is 6.30. The third kappa shape index (κ3) is 0.626. The highest BCUT2D eigenvalue weighted by Crippen LogP contribution is 2.06. The molecular formula is C3H5ClN4. The molecule has 0 aromatic carbocycles. The van der Waals surface area contributed by atoms with Crippen molar-refractivity contribution in [3.8, 4) is 0 Å². The molecule has 44 valence electrons. The van der Waals surface area contributed by atoms with Gasteiger partial charge in [-0.2, -0.15) is 0 Å². The number of hydrogen-bond donors (Lipinski definition) is 1. The molecule has 1 aromatic rings. The summed E-state index contributed by atoms with van der Waals surface area (Å²) in [4.78, 5) is 1.02. The number of hydrogen-bond acceptors (Lipinski definition) is 3. The molecule has 0 saturated heterocycles.